The van der Waals surface area contributed by atoms with Crippen molar-refractivity contribution in [2.75, 3.05) is 5.32 Å². The molecule has 0 saturated heterocycles. The van der Waals surface area contributed by atoms with Gasteiger partial charge in [-0.2, -0.15) is 0 Å². The Balaban J connectivity index is 1.24. The van der Waals surface area contributed by atoms with Crippen LogP contribution >= 0.6 is 0 Å². The zero-order valence-electron chi connectivity index (χ0n) is 23.7. The monoisotopic (exact) mass is 590 g/mol. The molecule has 0 spiro atoms. The molecular weight excluding hydrogens is 562 g/mol. The molecule has 10 heteroatoms. The van der Waals surface area contributed by atoms with Gasteiger partial charge in [0.1, 0.15) is 29.7 Å². The number of halogens is 2. The molecule has 3 heterocycles. The van der Waals surface area contributed by atoms with E-state index in [1.165, 1.54) is 29.0 Å². The number of nitrogens with zero attached hydrogens (tertiary/aromatic N) is 3. The lowest BCUT2D eigenvalue weighted by Crippen LogP contribution is -2.34. The molecule has 3 N–H and O–H groups in total. The summed E-state index contributed by atoms with van der Waals surface area (Å²) in [5, 5.41) is 6.90. The number of H-pyrrole nitrogens is 1. The number of benzene rings is 3. The smallest absolute Gasteiger partial charge is 0.277 e. The van der Waals surface area contributed by atoms with E-state index in [0.29, 0.717) is 5.56 Å². The maximum atomic E-state index is 14.8. The third-order valence-electron chi connectivity index (χ3n) is 7.38. The maximum absolute atomic E-state index is 14.8. The molecule has 0 unspecified atom stereocenters. The minimum Gasteiger partial charge on any atom is -0.373 e. The number of hydrogen-bond donors (Lipinski definition) is 3. The van der Waals surface area contributed by atoms with Crippen molar-refractivity contribution >= 4 is 22.5 Å². The second-order valence-electron chi connectivity index (χ2n) is 10.4. The van der Waals surface area contributed by atoms with Crippen LogP contribution in [-0.4, -0.2) is 25.4 Å². The predicted molar refractivity (Wildman–Crippen MR) is 166 cm³/mol. The second-order valence-corrected chi connectivity index (χ2v) is 10.4. The average Bonchev–Trinajstić information content (AvgIpc) is 3.46. The Morgan fingerprint density at radius 3 is 2.34 bits per heavy atom. The summed E-state index contributed by atoms with van der Waals surface area (Å²) >= 11 is 0. The third-order valence-corrected chi connectivity index (χ3v) is 7.38. The first-order valence-corrected chi connectivity index (χ1v) is 14.0. The molecule has 1 amide bonds. The minimum absolute atomic E-state index is 0.0346. The van der Waals surface area contributed by atoms with Crippen LogP contribution in [0.1, 0.15) is 24.2 Å². The van der Waals surface area contributed by atoms with Gasteiger partial charge in [0, 0.05) is 40.6 Å². The molecule has 0 radical (unpaired) electrons. The Labute approximate surface area is 251 Å². The van der Waals surface area contributed by atoms with Crippen molar-refractivity contribution < 1.29 is 13.6 Å². The predicted octanol–water partition coefficient (Wildman–Crippen LogP) is 6.22. The molecule has 0 fully saturated rings. The summed E-state index contributed by atoms with van der Waals surface area (Å²) in [7, 11) is 0. The van der Waals surface area contributed by atoms with E-state index in [4.69, 9.17) is 0 Å². The van der Waals surface area contributed by atoms with E-state index in [1.807, 2.05) is 43.3 Å². The molecule has 8 nitrogen and oxygen atoms in total. The van der Waals surface area contributed by atoms with Crippen LogP contribution in [0.15, 0.2) is 108 Å². The summed E-state index contributed by atoms with van der Waals surface area (Å²) < 4.78 is 30.2. The Morgan fingerprint density at radius 2 is 1.64 bits per heavy atom. The number of amides is 1. The van der Waals surface area contributed by atoms with Gasteiger partial charge in [-0.15, -0.1) is 0 Å². The normalized spacial score (nSPS) is 11.8. The fraction of sp³-hybridized carbons (Fsp3) is 0.118. The van der Waals surface area contributed by atoms with Crippen LogP contribution in [-0.2, 0) is 17.9 Å². The summed E-state index contributed by atoms with van der Waals surface area (Å²) in [5.41, 5.74) is 3.45. The van der Waals surface area contributed by atoms with Crippen LogP contribution < -0.4 is 16.2 Å². The van der Waals surface area contributed by atoms with Crippen LogP contribution in [0.25, 0.3) is 33.4 Å². The van der Waals surface area contributed by atoms with Crippen molar-refractivity contribution in [2.45, 2.75) is 26.1 Å². The standard InChI is InChI=1S/C34H28F2N6O2/c1-21(22-10-12-23(13-11-22)26-6-2-4-8-28(26)35)40-31-19-39-33(27-7-3-5-9-29(27)36)42(34(31)44)20-32(43)38-18-25-16-24-17-37-15-14-30(24)41-25/h2-17,19,21,40-41H,18,20H2,1H3,(H,38,43)/t21-/m1/s1. The van der Waals surface area contributed by atoms with E-state index in [2.05, 4.69) is 25.6 Å². The molecule has 6 rings (SSSR count). The van der Waals surface area contributed by atoms with Gasteiger partial charge in [-0.1, -0.05) is 54.6 Å². The van der Waals surface area contributed by atoms with Gasteiger partial charge in [0.2, 0.25) is 5.91 Å². The third kappa shape index (κ3) is 5.96. The van der Waals surface area contributed by atoms with Crippen molar-refractivity contribution in [3.8, 4) is 22.5 Å². The van der Waals surface area contributed by atoms with E-state index < -0.39 is 17.3 Å². The number of pyridine rings is 1. The highest BCUT2D eigenvalue weighted by Gasteiger charge is 2.19. The lowest BCUT2D eigenvalue weighted by atomic mass is 10.0. The molecule has 3 aromatic heterocycles. The Hall–Kier alpha value is -5.64. The largest absolute Gasteiger partial charge is 0.373 e. The summed E-state index contributed by atoms with van der Waals surface area (Å²) in [4.78, 5) is 38.6. The van der Waals surface area contributed by atoms with Gasteiger partial charge in [-0.3, -0.25) is 19.1 Å². The van der Waals surface area contributed by atoms with Crippen molar-refractivity contribution in [1.29, 1.82) is 0 Å². The molecule has 3 aromatic carbocycles. The van der Waals surface area contributed by atoms with E-state index in [9.17, 15) is 18.4 Å². The topological polar surface area (TPSA) is 105 Å². The molecule has 44 heavy (non-hydrogen) atoms. The highest BCUT2D eigenvalue weighted by molar-refractivity contribution is 5.80. The fourth-order valence-corrected chi connectivity index (χ4v) is 5.08. The average molecular weight is 591 g/mol. The SMILES string of the molecule is C[C@@H](Nc1cnc(-c2ccccc2F)n(CC(=O)NCc2cc3cnccc3[nH]2)c1=O)c1ccc(-c2ccccc2F)cc1. The molecular formula is C34H28F2N6O2. The van der Waals surface area contributed by atoms with Crippen LogP contribution in [0.4, 0.5) is 14.5 Å². The number of rotatable bonds is 9. The summed E-state index contributed by atoms with van der Waals surface area (Å²) in [6.07, 6.45) is 4.74. The molecule has 0 saturated carbocycles. The first-order chi connectivity index (χ1) is 21.4. The van der Waals surface area contributed by atoms with Gasteiger partial charge >= 0.3 is 0 Å². The van der Waals surface area contributed by atoms with Crippen LogP contribution in [0.2, 0.25) is 0 Å². The Kier molecular flexibility index (Phi) is 7.96. The van der Waals surface area contributed by atoms with Gasteiger partial charge in [-0.05, 0) is 48.4 Å². The molecule has 6 aromatic rings. The van der Waals surface area contributed by atoms with Crippen molar-refractivity contribution in [3.05, 3.63) is 137 Å². The van der Waals surface area contributed by atoms with E-state index in [0.717, 1.165) is 27.7 Å². The zero-order chi connectivity index (χ0) is 30.6. The number of anilines is 1. The number of aromatic amines is 1. The number of nitrogens with one attached hydrogen (secondary N) is 3. The van der Waals surface area contributed by atoms with E-state index in [-0.39, 0.29) is 42.0 Å². The molecule has 0 aliphatic carbocycles. The lowest BCUT2D eigenvalue weighted by molar-refractivity contribution is -0.121. The van der Waals surface area contributed by atoms with Gasteiger partial charge in [0.15, 0.2) is 0 Å². The van der Waals surface area contributed by atoms with Crippen LogP contribution in [0, 0.1) is 11.6 Å². The van der Waals surface area contributed by atoms with Crippen LogP contribution in [0.5, 0.6) is 0 Å². The van der Waals surface area contributed by atoms with Gasteiger partial charge in [0.05, 0.1) is 18.3 Å². The molecule has 0 bridgehead atoms. The number of hydrogen-bond acceptors (Lipinski definition) is 5. The summed E-state index contributed by atoms with van der Waals surface area (Å²) in [5.74, 6) is -1.29. The first kappa shape index (κ1) is 28.5. The molecule has 220 valence electrons. The number of carbonyl (C=O) groups is 1. The molecule has 1 atom stereocenters. The van der Waals surface area contributed by atoms with E-state index in [1.54, 1.807) is 42.7 Å². The highest BCUT2D eigenvalue weighted by Crippen LogP contribution is 2.26. The first-order valence-electron chi connectivity index (χ1n) is 14.0. The lowest BCUT2D eigenvalue weighted by Gasteiger charge is -2.18. The Bertz CT molecular complexity index is 1990. The Morgan fingerprint density at radius 1 is 0.932 bits per heavy atom. The van der Waals surface area contributed by atoms with Crippen molar-refractivity contribution in [1.82, 2.24) is 24.8 Å². The maximum Gasteiger partial charge on any atom is 0.277 e. The van der Waals surface area contributed by atoms with Gasteiger partial charge in [0.25, 0.3) is 5.56 Å². The van der Waals surface area contributed by atoms with Crippen LogP contribution in [0.3, 0.4) is 0 Å². The number of fused-ring (bicyclic) bond motifs is 1. The highest BCUT2D eigenvalue weighted by atomic mass is 19.1. The van der Waals surface area contributed by atoms with Crippen molar-refractivity contribution in [2.24, 2.45) is 0 Å². The molecule has 0 aliphatic heterocycles. The number of carbonyl (C=O) groups excluding carboxylic acids is 1. The molecule has 0 aliphatic rings. The van der Waals surface area contributed by atoms with Crippen molar-refractivity contribution in [3.63, 3.8) is 0 Å². The number of aromatic nitrogens is 4. The summed E-state index contributed by atoms with van der Waals surface area (Å²) in [6.45, 7) is 1.69. The fourth-order valence-electron chi connectivity index (χ4n) is 5.08. The van der Waals surface area contributed by atoms with Gasteiger partial charge < -0.3 is 15.6 Å². The quantitative estimate of drug-likeness (QED) is 0.185. The summed E-state index contributed by atoms with van der Waals surface area (Å²) in [6, 6.07) is 23.2. The zero-order valence-corrected chi connectivity index (χ0v) is 23.7. The van der Waals surface area contributed by atoms with Gasteiger partial charge in [-0.25, -0.2) is 13.8 Å². The second kappa shape index (κ2) is 12.3. The minimum atomic E-state index is -0.565. The van der Waals surface area contributed by atoms with E-state index >= 15 is 0 Å².